The van der Waals surface area contributed by atoms with Crippen LogP contribution < -0.4 is 10.2 Å². The van der Waals surface area contributed by atoms with Gasteiger partial charge in [-0.15, -0.1) is 0 Å². The van der Waals surface area contributed by atoms with Crippen LogP contribution >= 0.6 is 11.6 Å². The van der Waals surface area contributed by atoms with Gasteiger partial charge in [0.1, 0.15) is 6.29 Å². The van der Waals surface area contributed by atoms with E-state index in [2.05, 4.69) is 5.32 Å². The number of nitro groups is 1. The van der Waals surface area contributed by atoms with E-state index in [0.717, 1.165) is 31.3 Å². The van der Waals surface area contributed by atoms with E-state index >= 15 is 0 Å². The molecule has 40 heavy (non-hydrogen) atoms. The number of nitrogens with zero attached hydrogens (tertiary/aromatic N) is 2. The second-order valence-corrected chi connectivity index (χ2v) is 9.78. The second-order valence-electron chi connectivity index (χ2n) is 9.37. The number of rotatable bonds is 9. The normalized spacial score (nSPS) is 13.8. The van der Waals surface area contributed by atoms with E-state index in [1.165, 1.54) is 23.1 Å². The average Bonchev–Trinajstić information content (AvgIpc) is 3.47. The average molecular weight is 564 g/mol. The molecule has 10 nitrogen and oxygen atoms in total. The van der Waals surface area contributed by atoms with E-state index in [1.54, 1.807) is 43.3 Å². The molecule has 0 heterocycles. The number of halogens is 1. The molecule has 0 aliphatic heterocycles. The third-order valence-corrected chi connectivity index (χ3v) is 7.03. The summed E-state index contributed by atoms with van der Waals surface area (Å²) in [6.45, 7) is 1.74. The first kappa shape index (κ1) is 28.4. The Bertz CT molecular complexity index is 1460. The number of hydrogen-bond donors (Lipinski definition) is 1. The molecule has 3 aromatic carbocycles. The monoisotopic (exact) mass is 563 g/mol. The largest absolute Gasteiger partial charge is 0.427 e. The maximum Gasteiger partial charge on any atom is 0.415 e. The minimum absolute atomic E-state index is 0.00639. The van der Waals surface area contributed by atoms with E-state index in [4.69, 9.17) is 16.3 Å². The molecule has 1 unspecified atom stereocenters. The molecular formula is C29H26ClN3O7. The molecule has 206 valence electrons. The molecule has 1 N–H and O–H groups in total. The number of ether oxygens (including phenoxy) is 1. The highest BCUT2D eigenvalue weighted by atomic mass is 35.5. The number of carbonyl (C=O) groups excluding carboxylic acids is 4. The van der Waals surface area contributed by atoms with Gasteiger partial charge in [0.15, 0.2) is 0 Å². The van der Waals surface area contributed by atoms with E-state index in [9.17, 15) is 29.3 Å². The zero-order valence-electron chi connectivity index (χ0n) is 21.5. The SMILES string of the molecule is Cc1cc(N(C(=O)OC(C(=O)Nc2ccc([N+](=O)[O-])cc2Cl)C(=O)c2ccccc2)C2CCCC2)ccc1C=O. The zero-order valence-corrected chi connectivity index (χ0v) is 22.3. The maximum absolute atomic E-state index is 13.7. The molecule has 0 radical (unpaired) electrons. The Hall–Kier alpha value is -4.57. The summed E-state index contributed by atoms with van der Waals surface area (Å²) in [5, 5.41) is 13.4. The number of benzene rings is 3. The predicted octanol–water partition coefficient (Wildman–Crippen LogP) is 6.14. The summed E-state index contributed by atoms with van der Waals surface area (Å²) in [6.07, 6.45) is 1.12. The molecule has 11 heteroatoms. The number of nitro benzene ring substituents is 1. The number of non-ortho nitro benzene ring substituents is 1. The summed E-state index contributed by atoms with van der Waals surface area (Å²) >= 11 is 6.14. The van der Waals surface area contributed by atoms with Crippen molar-refractivity contribution in [3.63, 3.8) is 0 Å². The van der Waals surface area contributed by atoms with Gasteiger partial charge in [-0.1, -0.05) is 54.8 Å². The molecule has 1 fully saturated rings. The van der Waals surface area contributed by atoms with Gasteiger partial charge in [0.05, 0.1) is 15.6 Å². The van der Waals surface area contributed by atoms with Crippen molar-refractivity contribution in [1.82, 2.24) is 0 Å². The molecule has 1 atom stereocenters. The Morgan fingerprint density at radius 2 is 1.77 bits per heavy atom. The highest BCUT2D eigenvalue weighted by Gasteiger charge is 2.37. The third kappa shape index (κ3) is 6.35. The van der Waals surface area contributed by atoms with Crippen LogP contribution in [0.3, 0.4) is 0 Å². The van der Waals surface area contributed by atoms with Crippen LogP contribution in [0.5, 0.6) is 0 Å². The van der Waals surface area contributed by atoms with Crippen molar-refractivity contribution < 1.29 is 28.8 Å². The van der Waals surface area contributed by atoms with E-state index in [-0.39, 0.29) is 28.0 Å². The van der Waals surface area contributed by atoms with Crippen molar-refractivity contribution in [3.8, 4) is 0 Å². The van der Waals surface area contributed by atoms with E-state index < -0.39 is 28.8 Å². The minimum Gasteiger partial charge on any atom is -0.427 e. The first-order chi connectivity index (χ1) is 19.2. The van der Waals surface area contributed by atoms with E-state index in [1.807, 2.05) is 0 Å². The molecule has 4 rings (SSSR count). The summed E-state index contributed by atoms with van der Waals surface area (Å²) < 4.78 is 5.63. The highest BCUT2D eigenvalue weighted by molar-refractivity contribution is 6.34. The summed E-state index contributed by atoms with van der Waals surface area (Å²) in [6, 6.07) is 16.0. The molecule has 1 aliphatic rings. The van der Waals surface area contributed by atoms with Crippen LogP contribution in [0.4, 0.5) is 21.9 Å². The highest BCUT2D eigenvalue weighted by Crippen LogP contribution is 2.31. The summed E-state index contributed by atoms with van der Waals surface area (Å²) in [4.78, 5) is 63.7. The molecule has 2 amide bonds. The quantitative estimate of drug-likeness (QED) is 0.108. The van der Waals surface area contributed by atoms with Crippen LogP contribution in [-0.2, 0) is 9.53 Å². The van der Waals surface area contributed by atoms with Gasteiger partial charge in [-0.05, 0) is 49.6 Å². The first-order valence-corrected chi connectivity index (χ1v) is 13.0. The van der Waals surface area contributed by atoms with Gasteiger partial charge in [-0.2, -0.15) is 0 Å². The number of hydrogen-bond acceptors (Lipinski definition) is 7. The van der Waals surface area contributed by atoms with Gasteiger partial charge in [0.2, 0.25) is 11.9 Å². The number of carbonyl (C=O) groups is 4. The van der Waals surface area contributed by atoms with Gasteiger partial charge in [-0.3, -0.25) is 29.4 Å². The Labute approximate surface area is 235 Å². The lowest BCUT2D eigenvalue weighted by Gasteiger charge is -2.30. The molecule has 0 spiro atoms. The molecule has 3 aromatic rings. The first-order valence-electron chi connectivity index (χ1n) is 12.6. The van der Waals surface area contributed by atoms with Crippen LogP contribution in [-0.4, -0.2) is 41.1 Å². The molecule has 1 aliphatic carbocycles. The Morgan fingerprint density at radius 3 is 2.38 bits per heavy atom. The third-order valence-electron chi connectivity index (χ3n) is 6.72. The predicted molar refractivity (Wildman–Crippen MR) is 149 cm³/mol. The van der Waals surface area contributed by atoms with Crippen LogP contribution in [0.2, 0.25) is 5.02 Å². The smallest absolute Gasteiger partial charge is 0.415 e. The van der Waals surface area contributed by atoms with Crippen LogP contribution in [0, 0.1) is 17.0 Å². The van der Waals surface area contributed by atoms with Gasteiger partial charge in [-0.25, -0.2) is 4.79 Å². The molecule has 0 aromatic heterocycles. The van der Waals surface area contributed by atoms with Crippen molar-refractivity contribution >= 4 is 52.7 Å². The fourth-order valence-electron chi connectivity index (χ4n) is 4.62. The number of amides is 2. The maximum atomic E-state index is 13.7. The van der Waals surface area contributed by atoms with Crippen LogP contribution in [0.1, 0.15) is 52.0 Å². The fourth-order valence-corrected chi connectivity index (χ4v) is 4.85. The summed E-state index contributed by atoms with van der Waals surface area (Å²) in [7, 11) is 0. The topological polar surface area (TPSA) is 136 Å². The Balaban J connectivity index is 1.67. The molecular weight excluding hydrogens is 538 g/mol. The number of ketones is 1. The second kappa shape index (κ2) is 12.5. The minimum atomic E-state index is -1.89. The number of aryl methyl sites for hydroxylation is 1. The number of anilines is 2. The van der Waals surface area contributed by atoms with E-state index in [0.29, 0.717) is 29.7 Å². The molecule has 0 saturated heterocycles. The van der Waals surface area contributed by atoms with Crippen molar-refractivity contribution in [3.05, 3.63) is 98.6 Å². The van der Waals surface area contributed by atoms with Crippen molar-refractivity contribution in [2.24, 2.45) is 0 Å². The summed E-state index contributed by atoms with van der Waals surface area (Å²) in [5.74, 6) is -1.74. The Kier molecular flexibility index (Phi) is 8.90. The molecule has 0 bridgehead atoms. The van der Waals surface area contributed by atoms with Gasteiger partial charge in [0.25, 0.3) is 11.6 Å². The summed E-state index contributed by atoms with van der Waals surface area (Å²) in [5.41, 5.74) is 1.47. The number of nitrogens with one attached hydrogen (secondary N) is 1. The number of Topliss-reactive ketones (excluding diaryl/α,β-unsaturated/α-hetero) is 1. The van der Waals surface area contributed by atoms with Crippen molar-refractivity contribution in [2.75, 3.05) is 10.2 Å². The lowest BCUT2D eigenvalue weighted by atomic mass is 10.1. The van der Waals surface area contributed by atoms with Crippen LogP contribution in [0.25, 0.3) is 0 Å². The fraction of sp³-hybridized carbons (Fsp3) is 0.241. The van der Waals surface area contributed by atoms with Gasteiger partial charge < -0.3 is 10.1 Å². The van der Waals surface area contributed by atoms with Crippen molar-refractivity contribution in [1.29, 1.82) is 0 Å². The van der Waals surface area contributed by atoms with Gasteiger partial charge in [0, 0.05) is 35.0 Å². The van der Waals surface area contributed by atoms with Gasteiger partial charge >= 0.3 is 6.09 Å². The standard InChI is InChI=1S/C29H26ClN3O7/c1-18-15-22(12-11-20(18)17-34)32(21-9-5-6-10-21)29(37)40-27(26(35)19-7-3-2-4-8-19)28(36)31-25-14-13-23(33(38)39)16-24(25)30/h2-4,7-8,11-17,21,27H,5-6,9-10H2,1H3,(H,31,36). The lowest BCUT2D eigenvalue weighted by molar-refractivity contribution is -0.384. The van der Waals surface area contributed by atoms with Crippen molar-refractivity contribution in [2.45, 2.75) is 44.8 Å². The van der Waals surface area contributed by atoms with Crippen LogP contribution in [0.15, 0.2) is 66.7 Å². The lowest BCUT2D eigenvalue weighted by Crippen LogP contribution is -2.46. The Morgan fingerprint density at radius 1 is 1.07 bits per heavy atom. The molecule has 1 saturated carbocycles. The zero-order chi connectivity index (χ0) is 28.8. The number of aldehydes is 1.